The van der Waals surface area contributed by atoms with Crippen molar-refractivity contribution >= 4 is 17.8 Å². The average Bonchev–Trinajstić information content (AvgIpc) is 2.36. The van der Waals surface area contributed by atoms with Gasteiger partial charge in [0.25, 0.3) is 5.91 Å². The van der Waals surface area contributed by atoms with Gasteiger partial charge in [0, 0.05) is 13.7 Å². The van der Waals surface area contributed by atoms with Gasteiger partial charge in [-0.15, -0.1) is 0 Å². The van der Waals surface area contributed by atoms with Gasteiger partial charge >= 0.3 is 5.97 Å². The molecule has 0 aliphatic carbocycles. The predicted octanol–water partition coefficient (Wildman–Crippen LogP) is -0.787. The first-order valence-corrected chi connectivity index (χ1v) is 5.71. The van der Waals surface area contributed by atoms with E-state index in [9.17, 15) is 14.4 Å². The molecular weight excluding hydrogens is 240 g/mol. The number of aliphatic carboxylic acids is 1. The fourth-order valence-electron chi connectivity index (χ4n) is 1.76. The summed E-state index contributed by atoms with van der Waals surface area (Å²) in [6, 6.07) is -1.05. The third kappa shape index (κ3) is 2.61. The summed E-state index contributed by atoms with van der Waals surface area (Å²) in [6.45, 7) is 3.01. The minimum Gasteiger partial charge on any atom is -0.480 e. The van der Waals surface area contributed by atoms with E-state index in [4.69, 9.17) is 9.84 Å². The topological polar surface area (TPSA) is 95.9 Å². The summed E-state index contributed by atoms with van der Waals surface area (Å²) in [4.78, 5) is 35.8. The second-order valence-corrected chi connectivity index (χ2v) is 4.38. The summed E-state index contributed by atoms with van der Waals surface area (Å²) in [7, 11) is 1.39. The van der Waals surface area contributed by atoms with Gasteiger partial charge in [0.05, 0.1) is 0 Å². The van der Waals surface area contributed by atoms with Crippen LogP contribution in [0, 0.1) is 0 Å². The van der Waals surface area contributed by atoms with Crippen molar-refractivity contribution in [2.45, 2.75) is 31.9 Å². The standard InChI is InChI=1S/C11H18N2O5/c1-4-11(2,18-3)10(17)13-6-8(14)12-5-7(13)9(15)16/h7H,4-6H2,1-3H3,(H,12,14)(H,15,16). The Balaban J connectivity index is 2.98. The smallest absolute Gasteiger partial charge is 0.328 e. The zero-order valence-electron chi connectivity index (χ0n) is 10.7. The fourth-order valence-corrected chi connectivity index (χ4v) is 1.76. The summed E-state index contributed by atoms with van der Waals surface area (Å²) in [5, 5.41) is 11.5. The molecule has 1 rings (SSSR count). The van der Waals surface area contributed by atoms with Crippen molar-refractivity contribution in [3.05, 3.63) is 0 Å². The van der Waals surface area contributed by atoms with Crippen molar-refractivity contribution < 1.29 is 24.2 Å². The molecule has 102 valence electrons. The predicted molar refractivity (Wildman–Crippen MR) is 61.9 cm³/mol. The van der Waals surface area contributed by atoms with Gasteiger partial charge < -0.3 is 20.1 Å². The molecule has 0 aromatic rings. The van der Waals surface area contributed by atoms with Crippen LogP contribution in [0.1, 0.15) is 20.3 Å². The zero-order chi connectivity index (χ0) is 13.9. The molecular formula is C11H18N2O5. The second-order valence-electron chi connectivity index (χ2n) is 4.38. The van der Waals surface area contributed by atoms with Crippen LogP contribution in [-0.4, -0.2) is 59.6 Å². The van der Waals surface area contributed by atoms with Crippen LogP contribution in [0.15, 0.2) is 0 Å². The van der Waals surface area contributed by atoms with Crippen molar-refractivity contribution in [1.29, 1.82) is 0 Å². The molecule has 0 radical (unpaired) electrons. The highest BCUT2D eigenvalue weighted by Crippen LogP contribution is 2.20. The Morgan fingerprint density at radius 2 is 2.22 bits per heavy atom. The number of nitrogens with zero attached hydrogens (tertiary/aromatic N) is 1. The van der Waals surface area contributed by atoms with Gasteiger partial charge in [-0.2, -0.15) is 0 Å². The molecule has 0 spiro atoms. The first kappa shape index (κ1) is 14.4. The van der Waals surface area contributed by atoms with Crippen LogP contribution in [0.25, 0.3) is 0 Å². The van der Waals surface area contributed by atoms with Gasteiger partial charge in [-0.05, 0) is 13.3 Å². The number of piperazine rings is 1. The maximum atomic E-state index is 12.3. The highest BCUT2D eigenvalue weighted by atomic mass is 16.5. The molecule has 1 fully saturated rings. The van der Waals surface area contributed by atoms with E-state index in [0.717, 1.165) is 4.90 Å². The average molecular weight is 258 g/mol. The molecule has 1 aliphatic rings. The van der Waals surface area contributed by atoms with E-state index in [0.29, 0.717) is 6.42 Å². The van der Waals surface area contributed by atoms with Gasteiger partial charge in [-0.1, -0.05) is 6.92 Å². The molecule has 2 atom stereocenters. The number of ether oxygens (including phenoxy) is 1. The molecule has 0 aromatic heterocycles. The fraction of sp³-hybridized carbons (Fsp3) is 0.727. The van der Waals surface area contributed by atoms with Crippen LogP contribution in [0.4, 0.5) is 0 Å². The van der Waals surface area contributed by atoms with Crippen LogP contribution in [0.2, 0.25) is 0 Å². The third-order valence-corrected chi connectivity index (χ3v) is 3.31. The molecule has 18 heavy (non-hydrogen) atoms. The van der Waals surface area contributed by atoms with Gasteiger partial charge in [0.1, 0.15) is 18.2 Å². The van der Waals surface area contributed by atoms with E-state index >= 15 is 0 Å². The number of carbonyl (C=O) groups excluding carboxylic acids is 2. The number of rotatable bonds is 4. The number of nitrogens with one attached hydrogen (secondary N) is 1. The SMILES string of the molecule is CCC(C)(OC)C(=O)N1CC(=O)NCC1C(=O)O. The monoisotopic (exact) mass is 258 g/mol. The van der Waals surface area contributed by atoms with E-state index in [1.54, 1.807) is 13.8 Å². The summed E-state index contributed by atoms with van der Waals surface area (Å²) in [5.74, 6) is -1.98. The van der Waals surface area contributed by atoms with Crippen LogP contribution < -0.4 is 5.32 Å². The van der Waals surface area contributed by atoms with Crippen LogP contribution in [0.3, 0.4) is 0 Å². The first-order valence-electron chi connectivity index (χ1n) is 5.71. The zero-order valence-corrected chi connectivity index (χ0v) is 10.7. The number of hydrogen-bond donors (Lipinski definition) is 2. The second kappa shape index (κ2) is 5.34. The Kier molecular flexibility index (Phi) is 4.28. The molecule has 1 saturated heterocycles. The number of methoxy groups -OCH3 is 1. The van der Waals surface area contributed by atoms with Crippen molar-refractivity contribution in [2.24, 2.45) is 0 Å². The summed E-state index contributed by atoms with van der Waals surface area (Å²) in [5.41, 5.74) is -1.11. The van der Waals surface area contributed by atoms with Crippen LogP contribution >= 0.6 is 0 Å². The van der Waals surface area contributed by atoms with Gasteiger partial charge in [0.15, 0.2) is 0 Å². The molecule has 2 amide bonds. The Hall–Kier alpha value is -1.63. The maximum Gasteiger partial charge on any atom is 0.328 e. The normalized spacial score (nSPS) is 23.2. The van der Waals surface area contributed by atoms with Crippen molar-refractivity contribution in [2.75, 3.05) is 20.2 Å². The molecule has 0 aromatic carbocycles. The number of carboxylic acid groups (broad SMARTS) is 1. The van der Waals surface area contributed by atoms with E-state index in [1.807, 2.05) is 0 Å². The lowest BCUT2D eigenvalue weighted by Gasteiger charge is -2.38. The Bertz CT molecular complexity index is 364. The largest absolute Gasteiger partial charge is 0.480 e. The lowest BCUT2D eigenvalue weighted by atomic mass is 9.99. The quantitative estimate of drug-likeness (QED) is 0.689. The molecule has 2 unspecified atom stereocenters. The molecule has 1 heterocycles. The van der Waals surface area contributed by atoms with E-state index in [1.165, 1.54) is 7.11 Å². The molecule has 0 saturated carbocycles. The Morgan fingerprint density at radius 3 is 2.67 bits per heavy atom. The summed E-state index contributed by atoms with van der Waals surface area (Å²) < 4.78 is 5.15. The molecule has 7 nitrogen and oxygen atoms in total. The summed E-state index contributed by atoms with van der Waals surface area (Å²) >= 11 is 0. The van der Waals surface area contributed by atoms with Crippen LogP contribution in [0.5, 0.6) is 0 Å². The lowest BCUT2D eigenvalue weighted by Crippen LogP contribution is -2.63. The lowest BCUT2D eigenvalue weighted by molar-refractivity contribution is -0.165. The number of carbonyl (C=O) groups is 3. The molecule has 1 aliphatic heterocycles. The van der Waals surface area contributed by atoms with Crippen molar-refractivity contribution in [3.8, 4) is 0 Å². The van der Waals surface area contributed by atoms with E-state index in [-0.39, 0.29) is 19.0 Å². The maximum absolute atomic E-state index is 12.3. The molecule has 2 N–H and O–H groups in total. The van der Waals surface area contributed by atoms with E-state index < -0.39 is 23.5 Å². The minimum absolute atomic E-state index is 0.0799. The van der Waals surface area contributed by atoms with Crippen LogP contribution in [-0.2, 0) is 19.1 Å². The van der Waals surface area contributed by atoms with Gasteiger partial charge in [0.2, 0.25) is 5.91 Å². The highest BCUT2D eigenvalue weighted by molar-refractivity contribution is 5.94. The molecule has 0 bridgehead atoms. The Morgan fingerprint density at radius 1 is 1.61 bits per heavy atom. The summed E-state index contributed by atoms with van der Waals surface area (Å²) in [6.07, 6.45) is 0.396. The van der Waals surface area contributed by atoms with Crippen molar-refractivity contribution in [3.63, 3.8) is 0 Å². The minimum atomic E-state index is -1.14. The molecule has 7 heteroatoms. The third-order valence-electron chi connectivity index (χ3n) is 3.31. The first-order chi connectivity index (χ1) is 8.35. The number of carboxylic acids is 1. The Labute approximate surface area is 105 Å². The number of amides is 2. The van der Waals surface area contributed by atoms with Crippen molar-refractivity contribution in [1.82, 2.24) is 10.2 Å². The highest BCUT2D eigenvalue weighted by Gasteiger charge is 2.42. The van der Waals surface area contributed by atoms with Gasteiger partial charge in [-0.25, -0.2) is 4.79 Å². The van der Waals surface area contributed by atoms with Gasteiger partial charge in [-0.3, -0.25) is 9.59 Å². The number of hydrogen-bond acceptors (Lipinski definition) is 4. The van der Waals surface area contributed by atoms with E-state index in [2.05, 4.69) is 5.32 Å².